The number of pyridine rings is 1. The molecule has 19 heavy (non-hydrogen) atoms. The second-order valence-electron chi connectivity index (χ2n) is 4.73. The van der Waals surface area contributed by atoms with Gasteiger partial charge < -0.3 is 15.8 Å². The summed E-state index contributed by atoms with van der Waals surface area (Å²) in [7, 11) is 0. The van der Waals surface area contributed by atoms with E-state index < -0.39 is 0 Å². The minimum Gasteiger partial charge on any atom is -0.388 e. The van der Waals surface area contributed by atoms with Gasteiger partial charge in [-0.2, -0.15) is 0 Å². The van der Waals surface area contributed by atoms with E-state index in [2.05, 4.69) is 22.1 Å². The molecule has 0 aliphatic carbocycles. The van der Waals surface area contributed by atoms with Crippen LogP contribution in [0.4, 0.5) is 5.82 Å². The fourth-order valence-electron chi connectivity index (χ4n) is 2.12. The van der Waals surface area contributed by atoms with Crippen molar-refractivity contribution in [2.45, 2.75) is 13.0 Å². The molecule has 0 spiro atoms. The molecule has 6 heteroatoms. The summed E-state index contributed by atoms with van der Waals surface area (Å²) in [5.74, 6) is 0.811. The molecule has 2 rings (SSSR count). The summed E-state index contributed by atoms with van der Waals surface area (Å²) in [6.45, 7) is 6.75. The van der Waals surface area contributed by atoms with Crippen LogP contribution >= 0.6 is 12.2 Å². The predicted molar refractivity (Wildman–Crippen MR) is 80.5 cm³/mol. The molecule has 0 saturated carbocycles. The Morgan fingerprint density at radius 3 is 2.95 bits per heavy atom. The first-order chi connectivity index (χ1) is 9.15. The molecule has 1 aromatic rings. The lowest BCUT2D eigenvalue weighted by atomic mass is 10.2. The molecule has 1 saturated heterocycles. The fraction of sp³-hybridized carbons (Fsp3) is 0.538. The molecule has 0 amide bonds. The van der Waals surface area contributed by atoms with Crippen LogP contribution in [0.5, 0.6) is 0 Å². The van der Waals surface area contributed by atoms with Gasteiger partial charge in [0.15, 0.2) is 0 Å². The number of hydrogen-bond donors (Lipinski definition) is 2. The van der Waals surface area contributed by atoms with Crippen molar-refractivity contribution in [2.75, 3.05) is 38.2 Å². The Bertz CT molecular complexity index is 434. The zero-order valence-corrected chi connectivity index (χ0v) is 11.9. The van der Waals surface area contributed by atoms with Crippen molar-refractivity contribution in [3.05, 3.63) is 23.9 Å². The number of thiocarbonyl (C=S) groups is 1. The zero-order chi connectivity index (χ0) is 13.7. The third-order valence-electron chi connectivity index (χ3n) is 3.03. The Hall–Kier alpha value is -1.24. The summed E-state index contributed by atoms with van der Waals surface area (Å²) >= 11 is 4.93. The number of hydrogen-bond acceptors (Lipinski definition) is 5. The number of aromatic nitrogens is 1. The first kappa shape index (κ1) is 14.2. The third kappa shape index (κ3) is 4.41. The van der Waals surface area contributed by atoms with Crippen LogP contribution in [0.1, 0.15) is 12.6 Å². The van der Waals surface area contributed by atoms with E-state index in [9.17, 15) is 0 Å². The molecule has 1 unspecified atom stereocenters. The molecular weight excluding hydrogens is 260 g/mol. The van der Waals surface area contributed by atoms with Crippen LogP contribution in [0, 0.1) is 0 Å². The van der Waals surface area contributed by atoms with Crippen LogP contribution < -0.4 is 11.1 Å². The van der Waals surface area contributed by atoms with E-state index in [1.165, 1.54) is 0 Å². The van der Waals surface area contributed by atoms with Crippen molar-refractivity contribution in [2.24, 2.45) is 5.73 Å². The Morgan fingerprint density at radius 1 is 1.53 bits per heavy atom. The van der Waals surface area contributed by atoms with Gasteiger partial charge in [0.25, 0.3) is 0 Å². The minimum absolute atomic E-state index is 0.312. The SMILES string of the molecule is CC(CN1CCOCC1)Nc1cccc(C(N)=S)n1. The molecular formula is C13H20N4OS. The lowest BCUT2D eigenvalue weighted by Gasteiger charge is -2.29. The second-order valence-corrected chi connectivity index (χ2v) is 5.17. The molecule has 1 aliphatic rings. The monoisotopic (exact) mass is 280 g/mol. The number of ether oxygens (including phenoxy) is 1. The van der Waals surface area contributed by atoms with Gasteiger partial charge in [-0.3, -0.25) is 4.90 Å². The van der Waals surface area contributed by atoms with Gasteiger partial charge >= 0.3 is 0 Å². The second kappa shape index (κ2) is 6.79. The number of rotatable bonds is 5. The van der Waals surface area contributed by atoms with Crippen molar-refractivity contribution in [1.82, 2.24) is 9.88 Å². The van der Waals surface area contributed by atoms with Crippen molar-refractivity contribution in [3.8, 4) is 0 Å². The molecule has 1 aliphatic heterocycles. The van der Waals surface area contributed by atoms with E-state index in [0.29, 0.717) is 16.7 Å². The maximum absolute atomic E-state index is 5.58. The Kier molecular flexibility index (Phi) is 5.07. The van der Waals surface area contributed by atoms with Crippen molar-refractivity contribution >= 4 is 23.0 Å². The molecule has 1 aromatic heterocycles. The Morgan fingerprint density at radius 2 is 2.26 bits per heavy atom. The standard InChI is InChI=1S/C13H20N4OS/c1-10(9-17-5-7-18-8-6-17)15-12-4-2-3-11(16-12)13(14)19/h2-4,10H,5-9H2,1H3,(H2,14,19)(H,15,16). The highest BCUT2D eigenvalue weighted by atomic mass is 32.1. The lowest BCUT2D eigenvalue weighted by molar-refractivity contribution is 0.0368. The number of nitrogens with two attached hydrogens (primary N) is 1. The van der Waals surface area contributed by atoms with E-state index in [4.69, 9.17) is 22.7 Å². The number of nitrogens with one attached hydrogen (secondary N) is 1. The molecule has 1 fully saturated rings. The molecule has 3 N–H and O–H groups in total. The van der Waals surface area contributed by atoms with E-state index in [-0.39, 0.29) is 0 Å². The average molecular weight is 280 g/mol. The number of anilines is 1. The summed E-state index contributed by atoms with van der Waals surface area (Å²) in [6.07, 6.45) is 0. The summed E-state index contributed by atoms with van der Waals surface area (Å²) in [5, 5.41) is 3.38. The lowest BCUT2D eigenvalue weighted by Crippen LogP contribution is -2.42. The number of nitrogens with zero attached hydrogens (tertiary/aromatic N) is 2. The predicted octanol–water partition coefficient (Wildman–Crippen LogP) is 0.848. The van der Waals surface area contributed by atoms with Gasteiger partial charge in [0.1, 0.15) is 10.8 Å². The van der Waals surface area contributed by atoms with Gasteiger partial charge in [-0.05, 0) is 19.1 Å². The fourth-order valence-corrected chi connectivity index (χ4v) is 2.24. The van der Waals surface area contributed by atoms with Crippen LogP contribution in [-0.2, 0) is 4.74 Å². The molecule has 0 aromatic carbocycles. The molecule has 104 valence electrons. The third-order valence-corrected chi connectivity index (χ3v) is 3.24. The van der Waals surface area contributed by atoms with Gasteiger partial charge in [0.2, 0.25) is 0 Å². The molecule has 2 heterocycles. The number of morpholine rings is 1. The first-order valence-electron chi connectivity index (χ1n) is 6.48. The van der Waals surface area contributed by atoms with Crippen molar-refractivity contribution in [3.63, 3.8) is 0 Å². The van der Waals surface area contributed by atoms with Crippen LogP contribution in [0.2, 0.25) is 0 Å². The van der Waals surface area contributed by atoms with Crippen LogP contribution in [-0.4, -0.2) is 53.8 Å². The minimum atomic E-state index is 0.312. The normalized spacial score (nSPS) is 17.9. The van der Waals surface area contributed by atoms with Crippen LogP contribution in [0.15, 0.2) is 18.2 Å². The summed E-state index contributed by atoms with van der Waals surface area (Å²) in [5.41, 5.74) is 6.23. The first-order valence-corrected chi connectivity index (χ1v) is 6.89. The van der Waals surface area contributed by atoms with E-state index in [1.54, 1.807) is 0 Å². The maximum Gasteiger partial charge on any atom is 0.126 e. The van der Waals surface area contributed by atoms with Crippen molar-refractivity contribution in [1.29, 1.82) is 0 Å². The highest BCUT2D eigenvalue weighted by molar-refractivity contribution is 7.80. The summed E-state index contributed by atoms with van der Waals surface area (Å²) in [6, 6.07) is 5.97. The average Bonchev–Trinajstić information content (AvgIpc) is 2.40. The summed E-state index contributed by atoms with van der Waals surface area (Å²) < 4.78 is 5.34. The van der Waals surface area contributed by atoms with Crippen LogP contribution in [0.25, 0.3) is 0 Å². The van der Waals surface area contributed by atoms with E-state index in [0.717, 1.165) is 38.7 Å². The van der Waals surface area contributed by atoms with E-state index in [1.807, 2.05) is 18.2 Å². The van der Waals surface area contributed by atoms with Gasteiger partial charge in [-0.15, -0.1) is 0 Å². The molecule has 1 atom stereocenters. The Balaban J connectivity index is 1.88. The van der Waals surface area contributed by atoms with Gasteiger partial charge in [-0.1, -0.05) is 18.3 Å². The Labute approximate surface area is 119 Å². The quantitative estimate of drug-likeness (QED) is 0.780. The zero-order valence-electron chi connectivity index (χ0n) is 11.1. The largest absolute Gasteiger partial charge is 0.388 e. The highest BCUT2D eigenvalue weighted by Crippen LogP contribution is 2.08. The maximum atomic E-state index is 5.58. The van der Waals surface area contributed by atoms with E-state index >= 15 is 0 Å². The summed E-state index contributed by atoms with van der Waals surface area (Å²) in [4.78, 5) is 7.10. The highest BCUT2D eigenvalue weighted by Gasteiger charge is 2.13. The topological polar surface area (TPSA) is 63.4 Å². The van der Waals surface area contributed by atoms with Gasteiger partial charge in [-0.25, -0.2) is 4.98 Å². The molecule has 5 nitrogen and oxygen atoms in total. The molecule has 0 bridgehead atoms. The molecule has 0 radical (unpaired) electrons. The van der Waals surface area contributed by atoms with Crippen molar-refractivity contribution < 1.29 is 4.74 Å². The van der Waals surface area contributed by atoms with Gasteiger partial charge in [0, 0.05) is 25.7 Å². The smallest absolute Gasteiger partial charge is 0.126 e. The van der Waals surface area contributed by atoms with Gasteiger partial charge in [0.05, 0.1) is 18.9 Å². The van der Waals surface area contributed by atoms with Crippen LogP contribution in [0.3, 0.4) is 0 Å².